The van der Waals surface area contributed by atoms with Crippen LogP contribution in [0.2, 0.25) is 0 Å². The van der Waals surface area contributed by atoms with Crippen LogP contribution in [0.5, 0.6) is 0 Å². The second kappa shape index (κ2) is 10.5. The molecule has 2 aliphatic carbocycles. The zero-order valence-corrected chi connectivity index (χ0v) is 17.9. The smallest absolute Gasteiger partial charge is 0.241 e. The van der Waals surface area contributed by atoms with E-state index in [1.807, 2.05) is 7.28 Å². The van der Waals surface area contributed by atoms with E-state index in [0.717, 1.165) is 35.2 Å². The van der Waals surface area contributed by atoms with Gasteiger partial charge in [0.1, 0.15) is 5.82 Å². The molecule has 4 rings (SSSR count). The van der Waals surface area contributed by atoms with Crippen molar-refractivity contribution in [3.05, 3.63) is 24.0 Å². The van der Waals surface area contributed by atoms with E-state index in [2.05, 4.69) is 23.2 Å². The molecule has 0 unspecified atom stereocenters. The number of hydrogen-bond donors (Lipinski definition) is 1. The standard InChI is InChI=1S/C25H36BN2O/c29-24(19-12-8-4-1-2-5-9-13-19)26-21-16-17-22-23(18-21)28-25(27-22)20-14-10-6-3-7-11-15-20/h16-20H,1-15H2,(H,27,28). The lowest BCUT2D eigenvalue weighted by atomic mass is 9.61. The van der Waals surface area contributed by atoms with Gasteiger partial charge in [-0.1, -0.05) is 82.2 Å². The van der Waals surface area contributed by atoms with E-state index in [4.69, 9.17) is 4.98 Å². The third-order valence-electron chi connectivity index (χ3n) is 7.08. The Balaban J connectivity index is 1.43. The van der Waals surface area contributed by atoms with Crippen molar-refractivity contribution in [1.29, 1.82) is 0 Å². The molecule has 0 spiro atoms. The van der Waals surface area contributed by atoms with Gasteiger partial charge in [-0.2, -0.15) is 0 Å². The molecule has 1 heterocycles. The molecule has 0 aliphatic heterocycles. The maximum Gasteiger partial charge on any atom is 0.241 e. The van der Waals surface area contributed by atoms with Crippen LogP contribution in [0, 0.1) is 5.92 Å². The van der Waals surface area contributed by atoms with Crippen molar-refractivity contribution in [3.63, 3.8) is 0 Å². The summed E-state index contributed by atoms with van der Waals surface area (Å²) >= 11 is 0. The molecule has 1 aromatic carbocycles. The second-order valence-corrected chi connectivity index (χ2v) is 9.38. The van der Waals surface area contributed by atoms with Crippen molar-refractivity contribution in [3.8, 4) is 0 Å². The Bertz CT molecular complexity index is 781. The molecule has 2 aromatic rings. The summed E-state index contributed by atoms with van der Waals surface area (Å²) in [6.45, 7) is 0. The minimum atomic E-state index is 0.219. The van der Waals surface area contributed by atoms with Crippen molar-refractivity contribution >= 4 is 29.5 Å². The van der Waals surface area contributed by atoms with Crippen LogP contribution in [-0.2, 0) is 4.79 Å². The van der Waals surface area contributed by atoms with Gasteiger partial charge in [-0.15, -0.1) is 0 Å². The summed E-state index contributed by atoms with van der Waals surface area (Å²) in [6.07, 6.45) is 19.0. The highest BCUT2D eigenvalue weighted by Gasteiger charge is 2.21. The number of nitrogens with zero attached hydrogens (tertiary/aromatic N) is 1. The molecule has 2 fully saturated rings. The first-order valence-electron chi connectivity index (χ1n) is 12.2. The molecule has 0 atom stereocenters. The quantitative estimate of drug-likeness (QED) is 0.650. The maximum absolute atomic E-state index is 12.9. The number of rotatable bonds is 4. The number of hydrogen-bond acceptors (Lipinski definition) is 2. The van der Waals surface area contributed by atoms with Gasteiger partial charge >= 0.3 is 0 Å². The fourth-order valence-electron chi connectivity index (χ4n) is 5.26. The Morgan fingerprint density at radius 2 is 1.41 bits per heavy atom. The van der Waals surface area contributed by atoms with Crippen LogP contribution in [0.15, 0.2) is 18.2 Å². The Morgan fingerprint density at radius 1 is 0.828 bits per heavy atom. The lowest BCUT2D eigenvalue weighted by Gasteiger charge is -2.17. The number of nitrogens with one attached hydrogen (secondary N) is 1. The van der Waals surface area contributed by atoms with Crippen LogP contribution < -0.4 is 5.46 Å². The normalized spacial score (nSPS) is 21.0. The molecule has 1 radical (unpaired) electrons. The number of fused-ring (bicyclic) bond motifs is 1. The molecule has 155 valence electrons. The molecular formula is C25H36BN2O. The van der Waals surface area contributed by atoms with E-state index in [1.165, 1.54) is 83.5 Å². The van der Waals surface area contributed by atoms with E-state index in [0.29, 0.717) is 11.6 Å². The topological polar surface area (TPSA) is 45.8 Å². The molecule has 1 aromatic heterocycles. The molecule has 0 amide bonds. The Labute approximate surface area is 176 Å². The highest BCUT2D eigenvalue weighted by molar-refractivity contribution is 6.84. The molecule has 0 bridgehead atoms. The van der Waals surface area contributed by atoms with Crippen LogP contribution in [0.1, 0.15) is 108 Å². The summed E-state index contributed by atoms with van der Waals surface area (Å²) in [6, 6.07) is 6.28. The number of aromatic amines is 1. The summed E-state index contributed by atoms with van der Waals surface area (Å²) in [5.41, 5.74) is 3.47. The van der Waals surface area contributed by atoms with Crippen molar-refractivity contribution in [2.45, 2.75) is 102 Å². The molecule has 2 aliphatic rings. The van der Waals surface area contributed by atoms with Gasteiger partial charge in [0.25, 0.3) is 0 Å². The monoisotopic (exact) mass is 391 g/mol. The van der Waals surface area contributed by atoms with Crippen LogP contribution in [0.4, 0.5) is 0 Å². The van der Waals surface area contributed by atoms with Crippen molar-refractivity contribution in [2.24, 2.45) is 5.92 Å². The average molecular weight is 391 g/mol. The van der Waals surface area contributed by atoms with Crippen molar-refractivity contribution in [2.75, 3.05) is 0 Å². The minimum absolute atomic E-state index is 0.219. The van der Waals surface area contributed by atoms with Gasteiger partial charge in [0.2, 0.25) is 7.28 Å². The van der Waals surface area contributed by atoms with Gasteiger partial charge in [0.05, 0.1) is 16.7 Å². The lowest BCUT2D eigenvalue weighted by Crippen LogP contribution is -2.29. The first kappa shape index (κ1) is 20.7. The molecular weight excluding hydrogens is 355 g/mol. The summed E-state index contributed by atoms with van der Waals surface area (Å²) in [7, 11) is 1.89. The fraction of sp³-hybridized carbons (Fsp3) is 0.680. The molecule has 0 saturated heterocycles. The number of imidazole rings is 1. The van der Waals surface area contributed by atoms with Crippen LogP contribution in [0.3, 0.4) is 0 Å². The van der Waals surface area contributed by atoms with Crippen molar-refractivity contribution in [1.82, 2.24) is 9.97 Å². The molecule has 3 nitrogen and oxygen atoms in total. The molecule has 4 heteroatoms. The van der Waals surface area contributed by atoms with Gasteiger partial charge in [-0.25, -0.2) is 4.98 Å². The van der Waals surface area contributed by atoms with Crippen molar-refractivity contribution < 1.29 is 4.79 Å². The fourth-order valence-corrected chi connectivity index (χ4v) is 5.26. The van der Waals surface area contributed by atoms with Gasteiger partial charge < -0.3 is 9.78 Å². The first-order valence-corrected chi connectivity index (χ1v) is 12.2. The second-order valence-electron chi connectivity index (χ2n) is 9.38. The predicted octanol–water partition coefficient (Wildman–Crippen LogP) is 6.00. The van der Waals surface area contributed by atoms with Gasteiger partial charge in [0.15, 0.2) is 0 Å². The van der Waals surface area contributed by atoms with Crippen LogP contribution in [-0.4, -0.2) is 22.9 Å². The zero-order chi connectivity index (χ0) is 19.9. The van der Waals surface area contributed by atoms with Gasteiger partial charge in [0, 0.05) is 11.8 Å². The van der Waals surface area contributed by atoms with Crippen LogP contribution in [0.25, 0.3) is 11.0 Å². The highest BCUT2D eigenvalue weighted by atomic mass is 16.1. The van der Waals surface area contributed by atoms with E-state index < -0.39 is 0 Å². The molecule has 2 saturated carbocycles. The lowest BCUT2D eigenvalue weighted by molar-refractivity contribution is -0.115. The number of carbonyl (C=O) groups excluding carboxylic acids is 1. The van der Waals surface area contributed by atoms with E-state index in [9.17, 15) is 4.79 Å². The SMILES string of the molecule is O=C([B]c1ccc2nc(C3CCCCCCC3)[nH]c2c1)C1CCCCCCCC1. The van der Waals surface area contributed by atoms with Gasteiger partial charge in [-0.05, 0) is 37.8 Å². The Hall–Kier alpha value is -1.58. The largest absolute Gasteiger partial charge is 0.342 e. The van der Waals surface area contributed by atoms with Gasteiger partial charge in [-0.3, -0.25) is 0 Å². The third-order valence-corrected chi connectivity index (χ3v) is 7.08. The predicted molar refractivity (Wildman–Crippen MR) is 122 cm³/mol. The first-order chi connectivity index (χ1) is 14.3. The number of aromatic nitrogens is 2. The zero-order valence-electron chi connectivity index (χ0n) is 17.9. The highest BCUT2D eigenvalue weighted by Crippen LogP contribution is 2.30. The Kier molecular flexibility index (Phi) is 7.46. The summed E-state index contributed by atoms with van der Waals surface area (Å²) in [5.74, 6) is 1.94. The summed E-state index contributed by atoms with van der Waals surface area (Å²) in [4.78, 5) is 21.4. The summed E-state index contributed by atoms with van der Waals surface area (Å²) in [5, 5.41) is 0. The maximum atomic E-state index is 12.9. The third kappa shape index (κ3) is 5.74. The average Bonchev–Trinajstić information content (AvgIpc) is 3.15. The molecule has 29 heavy (non-hydrogen) atoms. The van der Waals surface area contributed by atoms with E-state index in [1.54, 1.807) is 0 Å². The number of carbonyl (C=O) groups is 1. The minimum Gasteiger partial charge on any atom is -0.342 e. The number of H-pyrrole nitrogens is 1. The molecule has 1 N–H and O–H groups in total. The van der Waals surface area contributed by atoms with E-state index in [-0.39, 0.29) is 5.92 Å². The summed E-state index contributed by atoms with van der Waals surface area (Å²) < 4.78 is 0. The Morgan fingerprint density at radius 3 is 2.07 bits per heavy atom. The number of benzene rings is 1. The van der Waals surface area contributed by atoms with E-state index >= 15 is 0 Å². The van der Waals surface area contributed by atoms with Crippen LogP contribution >= 0.6 is 0 Å².